The van der Waals surface area contributed by atoms with Crippen molar-refractivity contribution < 1.29 is 9.47 Å². The van der Waals surface area contributed by atoms with Gasteiger partial charge in [-0.1, -0.05) is 18.2 Å². The number of nitrogens with zero attached hydrogens (tertiary/aromatic N) is 2. The number of pyridine rings is 1. The Morgan fingerprint density at radius 1 is 1.14 bits per heavy atom. The minimum absolute atomic E-state index is 0.597. The first kappa shape index (κ1) is 14.7. The van der Waals surface area contributed by atoms with Crippen molar-refractivity contribution >= 4 is 11.6 Å². The monoisotopic (exact) mass is 299 g/mol. The van der Waals surface area contributed by atoms with Gasteiger partial charge in [0.05, 0.1) is 20.3 Å². The largest absolute Gasteiger partial charge is 0.497 e. The Morgan fingerprint density at radius 2 is 1.86 bits per heavy atom. The molecule has 1 aromatic carbocycles. The summed E-state index contributed by atoms with van der Waals surface area (Å²) in [6.07, 6.45) is 0.770. The molecule has 1 aromatic heterocycles. The third-order valence-corrected chi connectivity index (χ3v) is 3.89. The first-order valence-corrected chi connectivity index (χ1v) is 7.47. The van der Waals surface area contributed by atoms with E-state index in [4.69, 9.17) is 15.2 Å². The summed E-state index contributed by atoms with van der Waals surface area (Å²) in [5.41, 5.74) is 8.37. The molecule has 5 nitrogen and oxygen atoms in total. The third-order valence-electron chi connectivity index (χ3n) is 3.89. The second-order valence-corrected chi connectivity index (χ2v) is 5.34. The number of morpholine rings is 1. The Morgan fingerprint density at radius 3 is 2.50 bits per heavy atom. The molecule has 2 heterocycles. The second kappa shape index (κ2) is 6.66. The summed E-state index contributed by atoms with van der Waals surface area (Å²) >= 11 is 0. The van der Waals surface area contributed by atoms with Crippen LogP contribution in [0.3, 0.4) is 0 Å². The van der Waals surface area contributed by atoms with Crippen LogP contribution in [0.2, 0.25) is 0 Å². The molecule has 0 bridgehead atoms. The van der Waals surface area contributed by atoms with Gasteiger partial charge in [0.25, 0.3) is 0 Å². The highest BCUT2D eigenvalue weighted by Crippen LogP contribution is 2.21. The maximum atomic E-state index is 6.14. The average molecular weight is 299 g/mol. The van der Waals surface area contributed by atoms with Gasteiger partial charge in [0.15, 0.2) is 0 Å². The molecule has 3 rings (SSSR count). The molecule has 0 amide bonds. The van der Waals surface area contributed by atoms with Crippen molar-refractivity contribution in [1.29, 1.82) is 0 Å². The van der Waals surface area contributed by atoms with Gasteiger partial charge in [0, 0.05) is 19.5 Å². The highest BCUT2D eigenvalue weighted by Gasteiger charge is 2.13. The van der Waals surface area contributed by atoms with Gasteiger partial charge in [0.2, 0.25) is 0 Å². The smallest absolute Gasteiger partial charge is 0.131 e. The SMILES string of the molecule is COc1ccc(Cc2ccc(N3CCOCC3)nc2N)cc1. The number of hydrogen-bond donors (Lipinski definition) is 1. The number of methoxy groups -OCH3 is 1. The molecular formula is C17H21N3O2. The minimum atomic E-state index is 0.597. The Balaban J connectivity index is 1.73. The lowest BCUT2D eigenvalue weighted by molar-refractivity contribution is 0.122. The topological polar surface area (TPSA) is 60.6 Å². The zero-order valence-corrected chi connectivity index (χ0v) is 12.8. The maximum absolute atomic E-state index is 6.14. The lowest BCUT2D eigenvalue weighted by Gasteiger charge is -2.28. The predicted molar refractivity (Wildman–Crippen MR) is 87.5 cm³/mol. The van der Waals surface area contributed by atoms with Gasteiger partial charge in [0.1, 0.15) is 17.4 Å². The van der Waals surface area contributed by atoms with E-state index in [1.165, 1.54) is 5.56 Å². The average Bonchev–Trinajstić information content (AvgIpc) is 2.58. The zero-order chi connectivity index (χ0) is 15.4. The molecule has 0 saturated carbocycles. The van der Waals surface area contributed by atoms with Crippen molar-refractivity contribution in [2.75, 3.05) is 44.0 Å². The molecule has 1 saturated heterocycles. The van der Waals surface area contributed by atoms with Gasteiger partial charge in [-0.3, -0.25) is 0 Å². The van der Waals surface area contributed by atoms with Crippen LogP contribution in [-0.4, -0.2) is 38.4 Å². The van der Waals surface area contributed by atoms with E-state index in [1.807, 2.05) is 30.3 Å². The van der Waals surface area contributed by atoms with Crippen LogP contribution in [0, 0.1) is 0 Å². The minimum Gasteiger partial charge on any atom is -0.497 e. The van der Waals surface area contributed by atoms with E-state index < -0.39 is 0 Å². The lowest BCUT2D eigenvalue weighted by atomic mass is 10.1. The van der Waals surface area contributed by atoms with Gasteiger partial charge in [-0.25, -0.2) is 4.98 Å². The molecule has 0 atom stereocenters. The van der Waals surface area contributed by atoms with E-state index >= 15 is 0 Å². The second-order valence-electron chi connectivity index (χ2n) is 5.34. The summed E-state index contributed by atoms with van der Waals surface area (Å²) in [4.78, 5) is 6.76. The van der Waals surface area contributed by atoms with Crippen LogP contribution in [0.5, 0.6) is 5.75 Å². The van der Waals surface area contributed by atoms with Crippen LogP contribution in [0.1, 0.15) is 11.1 Å². The molecule has 1 aliphatic heterocycles. The van der Waals surface area contributed by atoms with E-state index in [-0.39, 0.29) is 0 Å². The Bertz CT molecular complexity index is 622. The van der Waals surface area contributed by atoms with Crippen molar-refractivity contribution in [2.24, 2.45) is 0 Å². The number of nitrogens with two attached hydrogens (primary N) is 1. The van der Waals surface area contributed by atoms with Crippen LogP contribution >= 0.6 is 0 Å². The molecule has 2 N–H and O–H groups in total. The van der Waals surface area contributed by atoms with E-state index in [2.05, 4.69) is 16.0 Å². The van der Waals surface area contributed by atoms with Crippen molar-refractivity contribution in [3.05, 3.63) is 47.5 Å². The third kappa shape index (κ3) is 3.31. The zero-order valence-electron chi connectivity index (χ0n) is 12.8. The van der Waals surface area contributed by atoms with Gasteiger partial charge in [-0.15, -0.1) is 0 Å². The van der Waals surface area contributed by atoms with Crippen molar-refractivity contribution in [1.82, 2.24) is 4.98 Å². The molecule has 0 spiro atoms. The summed E-state index contributed by atoms with van der Waals surface area (Å²) in [6, 6.07) is 12.1. The maximum Gasteiger partial charge on any atom is 0.131 e. The summed E-state index contributed by atoms with van der Waals surface area (Å²) in [5, 5.41) is 0. The predicted octanol–water partition coefficient (Wildman–Crippen LogP) is 2.10. The Kier molecular flexibility index (Phi) is 4.44. The molecular weight excluding hydrogens is 278 g/mol. The van der Waals surface area contributed by atoms with E-state index in [0.717, 1.165) is 49.9 Å². The van der Waals surface area contributed by atoms with Crippen LogP contribution < -0.4 is 15.4 Å². The highest BCUT2D eigenvalue weighted by molar-refractivity contribution is 5.51. The van der Waals surface area contributed by atoms with Crippen molar-refractivity contribution in [2.45, 2.75) is 6.42 Å². The van der Waals surface area contributed by atoms with E-state index in [1.54, 1.807) is 7.11 Å². The summed E-state index contributed by atoms with van der Waals surface area (Å²) in [7, 11) is 1.67. The summed E-state index contributed by atoms with van der Waals surface area (Å²) in [6.45, 7) is 3.22. The van der Waals surface area contributed by atoms with Gasteiger partial charge >= 0.3 is 0 Å². The normalized spacial score (nSPS) is 14.9. The fraction of sp³-hybridized carbons (Fsp3) is 0.353. The van der Waals surface area contributed by atoms with Crippen molar-refractivity contribution in [3.8, 4) is 5.75 Å². The fourth-order valence-electron chi connectivity index (χ4n) is 2.57. The first-order chi connectivity index (χ1) is 10.8. The molecule has 22 heavy (non-hydrogen) atoms. The number of nitrogen functional groups attached to an aromatic ring is 1. The van der Waals surface area contributed by atoms with E-state index in [9.17, 15) is 0 Å². The Labute approximate surface area is 130 Å². The van der Waals surface area contributed by atoms with Crippen molar-refractivity contribution in [3.63, 3.8) is 0 Å². The summed E-state index contributed by atoms with van der Waals surface area (Å²) < 4.78 is 10.5. The molecule has 0 aliphatic carbocycles. The molecule has 1 fully saturated rings. The number of aromatic nitrogens is 1. The van der Waals surface area contributed by atoms with Crippen LogP contribution in [0.4, 0.5) is 11.6 Å². The standard InChI is InChI=1S/C17H21N3O2/c1-21-15-5-2-13(3-6-15)12-14-4-7-16(19-17(14)18)20-8-10-22-11-9-20/h2-7H,8-12H2,1H3,(H2,18,19). The van der Waals surface area contributed by atoms with Crippen LogP contribution in [0.15, 0.2) is 36.4 Å². The number of rotatable bonds is 4. The molecule has 5 heteroatoms. The molecule has 2 aromatic rings. The number of anilines is 2. The molecule has 1 aliphatic rings. The molecule has 0 radical (unpaired) electrons. The first-order valence-electron chi connectivity index (χ1n) is 7.47. The van der Waals surface area contributed by atoms with Gasteiger partial charge in [-0.2, -0.15) is 0 Å². The molecule has 116 valence electrons. The lowest BCUT2D eigenvalue weighted by Crippen LogP contribution is -2.36. The highest BCUT2D eigenvalue weighted by atomic mass is 16.5. The van der Waals surface area contributed by atoms with Gasteiger partial charge < -0.3 is 20.1 Å². The quantitative estimate of drug-likeness (QED) is 0.937. The molecule has 0 unspecified atom stereocenters. The number of benzene rings is 1. The Hall–Kier alpha value is -2.27. The fourth-order valence-corrected chi connectivity index (χ4v) is 2.57. The van der Waals surface area contributed by atoms with Crippen LogP contribution in [0.25, 0.3) is 0 Å². The number of ether oxygens (including phenoxy) is 2. The van der Waals surface area contributed by atoms with Crippen LogP contribution in [-0.2, 0) is 11.2 Å². The van der Waals surface area contributed by atoms with E-state index in [0.29, 0.717) is 5.82 Å². The van der Waals surface area contributed by atoms with Gasteiger partial charge in [-0.05, 0) is 29.3 Å². The number of hydrogen-bond acceptors (Lipinski definition) is 5. The summed E-state index contributed by atoms with van der Waals surface area (Å²) in [5.74, 6) is 2.39.